The van der Waals surface area contributed by atoms with Crippen molar-refractivity contribution < 1.29 is 18.7 Å². The molecule has 0 saturated heterocycles. The van der Waals surface area contributed by atoms with E-state index in [4.69, 9.17) is 5.11 Å². The molecule has 0 amide bonds. The second-order valence-corrected chi connectivity index (χ2v) is 5.15. The van der Waals surface area contributed by atoms with E-state index in [1.807, 2.05) is 6.92 Å². The van der Waals surface area contributed by atoms with Gasteiger partial charge in [-0.25, -0.2) is 13.6 Å². The first-order valence-electron chi connectivity index (χ1n) is 6.19. The Morgan fingerprint density at radius 1 is 1.26 bits per heavy atom. The summed E-state index contributed by atoms with van der Waals surface area (Å²) in [6, 6.07) is 2.43. The van der Waals surface area contributed by atoms with Gasteiger partial charge < -0.3 is 10.0 Å². The lowest BCUT2D eigenvalue weighted by Gasteiger charge is -2.28. The molecule has 1 unspecified atom stereocenters. The molecule has 3 nitrogen and oxygen atoms in total. The number of nitrogens with zero attached hydrogens (tertiary/aromatic N) is 1. The molecule has 1 aromatic rings. The Balaban J connectivity index is 3.08. The molecular formula is C14H19F2NO2. The van der Waals surface area contributed by atoms with Gasteiger partial charge in [-0.3, -0.25) is 0 Å². The van der Waals surface area contributed by atoms with Gasteiger partial charge in [-0.05, 0) is 31.4 Å². The van der Waals surface area contributed by atoms with Crippen LogP contribution < -0.4 is 4.90 Å². The zero-order valence-electron chi connectivity index (χ0n) is 11.6. The molecule has 0 aliphatic carbocycles. The Morgan fingerprint density at radius 3 is 2.32 bits per heavy atom. The lowest BCUT2D eigenvalue weighted by atomic mass is 10.0. The summed E-state index contributed by atoms with van der Waals surface area (Å²) >= 11 is 0. The number of halogens is 2. The van der Waals surface area contributed by atoms with E-state index in [0.717, 1.165) is 12.5 Å². The van der Waals surface area contributed by atoms with E-state index in [0.29, 0.717) is 5.92 Å². The molecule has 0 aliphatic rings. The van der Waals surface area contributed by atoms with Gasteiger partial charge in [0.1, 0.15) is 0 Å². The number of carboxylic acids is 1. The van der Waals surface area contributed by atoms with Crippen LogP contribution in [-0.2, 0) is 0 Å². The summed E-state index contributed by atoms with van der Waals surface area (Å²) in [5, 5.41) is 8.73. The SMILES string of the molecule is CC(C)CC(C)N(C)c1ccc(C(=O)O)c(F)c1F. The average Bonchev–Trinajstić information content (AvgIpc) is 2.30. The van der Waals surface area contributed by atoms with E-state index in [1.54, 1.807) is 11.9 Å². The highest BCUT2D eigenvalue weighted by atomic mass is 19.2. The first kappa shape index (κ1) is 15.4. The number of hydrogen-bond acceptors (Lipinski definition) is 2. The van der Waals surface area contributed by atoms with Crippen LogP contribution in [0.1, 0.15) is 37.6 Å². The molecule has 5 heteroatoms. The molecule has 19 heavy (non-hydrogen) atoms. The fourth-order valence-electron chi connectivity index (χ4n) is 2.05. The largest absolute Gasteiger partial charge is 0.478 e. The van der Waals surface area contributed by atoms with E-state index in [1.165, 1.54) is 6.07 Å². The number of rotatable bonds is 5. The standard InChI is InChI=1S/C14H19F2NO2/c1-8(2)7-9(3)17(4)11-6-5-10(14(18)19)12(15)13(11)16/h5-6,8-9H,7H2,1-4H3,(H,18,19). The third-order valence-electron chi connectivity index (χ3n) is 3.15. The van der Waals surface area contributed by atoms with Crippen molar-refractivity contribution in [3.63, 3.8) is 0 Å². The minimum atomic E-state index is -1.47. The van der Waals surface area contributed by atoms with Crippen LogP contribution in [0, 0.1) is 17.6 Å². The molecule has 1 rings (SSSR count). The van der Waals surface area contributed by atoms with Crippen LogP contribution in [0.25, 0.3) is 0 Å². The minimum absolute atomic E-state index is 0.0320. The minimum Gasteiger partial charge on any atom is -0.478 e. The molecule has 1 N–H and O–H groups in total. The maximum atomic E-state index is 13.9. The molecule has 1 atom stereocenters. The van der Waals surface area contributed by atoms with Gasteiger partial charge in [0, 0.05) is 13.1 Å². The van der Waals surface area contributed by atoms with E-state index in [9.17, 15) is 13.6 Å². The molecule has 0 radical (unpaired) electrons. The van der Waals surface area contributed by atoms with Gasteiger partial charge in [0.15, 0.2) is 11.6 Å². The van der Waals surface area contributed by atoms with E-state index >= 15 is 0 Å². The second-order valence-electron chi connectivity index (χ2n) is 5.15. The van der Waals surface area contributed by atoms with Crippen molar-refractivity contribution in [1.82, 2.24) is 0 Å². The highest BCUT2D eigenvalue weighted by Gasteiger charge is 2.22. The lowest BCUT2D eigenvalue weighted by molar-refractivity contribution is 0.0690. The summed E-state index contributed by atoms with van der Waals surface area (Å²) in [6.07, 6.45) is 0.832. The monoisotopic (exact) mass is 271 g/mol. The van der Waals surface area contributed by atoms with E-state index in [2.05, 4.69) is 13.8 Å². The van der Waals surface area contributed by atoms with Crippen molar-refractivity contribution in [3.05, 3.63) is 29.3 Å². The summed E-state index contributed by atoms with van der Waals surface area (Å²) < 4.78 is 27.5. The number of benzene rings is 1. The zero-order chi connectivity index (χ0) is 14.7. The summed E-state index contributed by atoms with van der Waals surface area (Å²) in [5.41, 5.74) is -0.568. The molecule has 0 spiro atoms. The van der Waals surface area contributed by atoms with Crippen LogP contribution in [0.15, 0.2) is 12.1 Å². The van der Waals surface area contributed by atoms with E-state index < -0.39 is 23.2 Å². The van der Waals surface area contributed by atoms with Gasteiger partial charge in [-0.1, -0.05) is 13.8 Å². The molecular weight excluding hydrogens is 252 g/mol. The van der Waals surface area contributed by atoms with Crippen LogP contribution in [0.4, 0.5) is 14.5 Å². The summed E-state index contributed by atoms with van der Waals surface area (Å²) in [7, 11) is 1.67. The van der Waals surface area contributed by atoms with Crippen molar-refractivity contribution in [3.8, 4) is 0 Å². The summed E-state index contributed by atoms with van der Waals surface area (Å²) in [5.74, 6) is -3.46. The number of carboxylic acid groups (broad SMARTS) is 1. The van der Waals surface area contributed by atoms with Crippen molar-refractivity contribution in [2.45, 2.75) is 33.2 Å². The van der Waals surface area contributed by atoms with Gasteiger partial charge in [0.2, 0.25) is 0 Å². The molecule has 0 fully saturated rings. The molecule has 0 heterocycles. The Labute approximate surface area is 111 Å². The first-order chi connectivity index (χ1) is 8.75. The third kappa shape index (κ3) is 3.43. The maximum Gasteiger partial charge on any atom is 0.338 e. The molecule has 0 saturated carbocycles. The molecule has 0 aliphatic heterocycles. The molecule has 0 aromatic heterocycles. The summed E-state index contributed by atoms with van der Waals surface area (Å²) in [4.78, 5) is 12.3. The predicted molar refractivity (Wildman–Crippen MR) is 70.6 cm³/mol. The normalized spacial score (nSPS) is 12.6. The molecule has 106 valence electrons. The van der Waals surface area contributed by atoms with Crippen molar-refractivity contribution >= 4 is 11.7 Å². The fourth-order valence-corrected chi connectivity index (χ4v) is 2.05. The molecule has 1 aromatic carbocycles. The Hall–Kier alpha value is -1.65. The quantitative estimate of drug-likeness (QED) is 0.890. The lowest BCUT2D eigenvalue weighted by Crippen LogP contribution is -2.31. The maximum absolute atomic E-state index is 13.9. The Bertz CT molecular complexity index is 475. The van der Waals surface area contributed by atoms with Gasteiger partial charge in [0.05, 0.1) is 11.3 Å². The van der Waals surface area contributed by atoms with Crippen molar-refractivity contribution in [2.75, 3.05) is 11.9 Å². The van der Waals surface area contributed by atoms with Crippen molar-refractivity contribution in [2.24, 2.45) is 5.92 Å². The van der Waals surface area contributed by atoms with Crippen LogP contribution in [-0.4, -0.2) is 24.2 Å². The average molecular weight is 271 g/mol. The van der Waals surface area contributed by atoms with Crippen LogP contribution in [0.3, 0.4) is 0 Å². The van der Waals surface area contributed by atoms with Gasteiger partial charge in [-0.2, -0.15) is 0 Å². The van der Waals surface area contributed by atoms with Gasteiger partial charge in [0.25, 0.3) is 0 Å². The van der Waals surface area contributed by atoms with E-state index in [-0.39, 0.29) is 11.7 Å². The topological polar surface area (TPSA) is 40.5 Å². The third-order valence-corrected chi connectivity index (χ3v) is 3.15. The fraction of sp³-hybridized carbons (Fsp3) is 0.500. The summed E-state index contributed by atoms with van der Waals surface area (Å²) in [6.45, 7) is 6.02. The van der Waals surface area contributed by atoms with Gasteiger partial charge >= 0.3 is 5.97 Å². The number of aromatic carboxylic acids is 1. The first-order valence-corrected chi connectivity index (χ1v) is 6.19. The van der Waals surface area contributed by atoms with Crippen LogP contribution in [0.2, 0.25) is 0 Å². The van der Waals surface area contributed by atoms with Gasteiger partial charge in [-0.15, -0.1) is 0 Å². The van der Waals surface area contributed by atoms with Crippen LogP contribution >= 0.6 is 0 Å². The number of carbonyl (C=O) groups is 1. The molecule has 0 bridgehead atoms. The highest BCUT2D eigenvalue weighted by molar-refractivity contribution is 5.88. The smallest absolute Gasteiger partial charge is 0.338 e. The Morgan fingerprint density at radius 2 is 1.84 bits per heavy atom. The second kappa shape index (κ2) is 5.99. The van der Waals surface area contributed by atoms with Crippen molar-refractivity contribution in [1.29, 1.82) is 0 Å². The zero-order valence-corrected chi connectivity index (χ0v) is 11.6. The number of hydrogen-bond donors (Lipinski definition) is 1. The predicted octanol–water partition coefficient (Wildman–Crippen LogP) is 3.53. The van der Waals surface area contributed by atoms with Crippen LogP contribution in [0.5, 0.6) is 0 Å². The Kier molecular flexibility index (Phi) is 4.86. The number of anilines is 1. The highest BCUT2D eigenvalue weighted by Crippen LogP contribution is 2.26.